The van der Waals surface area contributed by atoms with Crippen molar-refractivity contribution in [3.8, 4) is 0 Å². The highest BCUT2D eigenvalue weighted by atomic mass is 32.1. The van der Waals surface area contributed by atoms with Crippen LogP contribution in [0.3, 0.4) is 0 Å². The average molecular weight is 176 g/mol. The standard InChI is InChI=1S/C8H16O2S/c1-4-5-6-10-7(9)8(2,3)11/h11H,4-6H2,1-3H3. The van der Waals surface area contributed by atoms with Crippen LogP contribution < -0.4 is 0 Å². The SMILES string of the molecule is CCCCOC(=O)C(C)(C)S. The molecule has 0 fully saturated rings. The monoisotopic (exact) mass is 176 g/mol. The zero-order valence-electron chi connectivity index (χ0n) is 7.39. The lowest BCUT2D eigenvalue weighted by Crippen LogP contribution is -2.27. The molecule has 0 saturated heterocycles. The van der Waals surface area contributed by atoms with E-state index in [-0.39, 0.29) is 5.97 Å². The van der Waals surface area contributed by atoms with E-state index in [9.17, 15) is 4.79 Å². The Morgan fingerprint density at radius 1 is 1.55 bits per heavy atom. The predicted molar refractivity (Wildman–Crippen MR) is 48.9 cm³/mol. The smallest absolute Gasteiger partial charge is 0.321 e. The lowest BCUT2D eigenvalue weighted by Gasteiger charge is -2.15. The molecule has 0 aromatic heterocycles. The minimum Gasteiger partial charge on any atom is -0.465 e. The fourth-order valence-corrected chi connectivity index (χ4v) is 0.550. The van der Waals surface area contributed by atoms with E-state index in [0.29, 0.717) is 6.61 Å². The summed E-state index contributed by atoms with van der Waals surface area (Å²) < 4.78 is 4.27. The van der Waals surface area contributed by atoms with Gasteiger partial charge in [0.15, 0.2) is 0 Å². The van der Waals surface area contributed by atoms with Crippen LogP contribution >= 0.6 is 12.6 Å². The maximum atomic E-state index is 11.0. The molecule has 66 valence electrons. The van der Waals surface area contributed by atoms with Crippen molar-refractivity contribution < 1.29 is 9.53 Å². The summed E-state index contributed by atoms with van der Waals surface area (Å²) in [4.78, 5) is 11.0. The Morgan fingerprint density at radius 2 is 2.09 bits per heavy atom. The second-order valence-electron chi connectivity index (χ2n) is 3.05. The summed E-state index contributed by atoms with van der Waals surface area (Å²) in [6.07, 6.45) is 1.97. The molecule has 0 bridgehead atoms. The van der Waals surface area contributed by atoms with Crippen LogP contribution in [0.1, 0.15) is 33.6 Å². The van der Waals surface area contributed by atoms with E-state index in [0.717, 1.165) is 12.8 Å². The van der Waals surface area contributed by atoms with Crippen LogP contribution in [-0.2, 0) is 9.53 Å². The normalized spacial score (nSPS) is 11.3. The zero-order valence-corrected chi connectivity index (χ0v) is 8.28. The Morgan fingerprint density at radius 3 is 2.45 bits per heavy atom. The summed E-state index contributed by atoms with van der Waals surface area (Å²) in [7, 11) is 0. The molecule has 0 rings (SSSR count). The molecule has 3 heteroatoms. The van der Waals surface area contributed by atoms with E-state index in [2.05, 4.69) is 19.6 Å². The van der Waals surface area contributed by atoms with Crippen molar-refractivity contribution >= 4 is 18.6 Å². The third kappa shape index (κ3) is 5.13. The molecule has 2 nitrogen and oxygen atoms in total. The van der Waals surface area contributed by atoms with Crippen LogP contribution in [0.5, 0.6) is 0 Å². The molecule has 0 N–H and O–H groups in total. The molecule has 0 radical (unpaired) electrons. The number of hydrogen-bond donors (Lipinski definition) is 1. The van der Waals surface area contributed by atoms with Crippen molar-refractivity contribution in [3.05, 3.63) is 0 Å². The van der Waals surface area contributed by atoms with Crippen LogP contribution in [0, 0.1) is 0 Å². The van der Waals surface area contributed by atoms with Crippen molar-refractivity contribution in [2.24, 2.45) is 0 Å². The molecule has 0 spiro atoms. The molecular formula is C8H16O2S. The van der Waals surface area contributed by atoms with Gasteiger partial charge in [-0.1, -0.05) is 13.3 Å². The quantitative estimate of drug-likeness (QED) is 0.403. The number of unbranched alkanes of at least 4 members (excludes halogenated alkanes) is 1. The van der Waals surface area contributed by atoms with Crippen molar-refractivity contribution in [2.75, 3.05) is 6.61 Å². The van der Waals surface area contributed by atoms with Gasteiger partial charge in [-0.25, -0.2) is 0 Å². The first kappa shape index (κ1) is 10.8. The van der Waals surface area contributed by atoms with Gasteiger partial charge >= 0.3 is 5.97 Å². The van der Waals surface area contributed by atoms with Gasteiger partial charge in [-0.05, 0) is 20.3 Å². The Kier molecular flexibility index (Phi) is 4.57. The summed E-state index contributed by atoms with van der Waals surface area (Å²) >= 11 is 4.08. The molecule has 0 saturated carbocycles. The second-order valence-corrected chi connectivity index (χ2v) is 4.17. The molecule has 0 aliphatic carbocycles. The van der Waals surface area contributed by atoms with Crippen molar-refractivity contribution in [1.82, 2.24) is 0 Å². The molecule has 0 aromatic carbocycles. The van der Waals surface area contributed by atoms with Gasteiger partial charge in [0, 0.05) is 0 Å². The minimum absolute atomic E-state index is 0.241. The van der Waals surface area contributed by atoms with E-state index < -0.39 is 4.75 Å². The summed E-state index contributed by atoms with van der Waals surface area (Å²) in [6.45, 7) is 6.02. The number of thiol groups is 1. The number of hydrogen-bond acceptors (Lipinski definition) is 3. The summed E-state index contributed by atoms with van der Waals surface area (Å²) in [5.74, 6) is -0.241. The van der Waals surface area contributed by atoms with E-state index in [4.69, 9.17) is 4.74 Å². The maximum absolute atomic E-state index is 11.0. The summed E-state index contributed by atoms with van der Waals surface area (Å²) in [5.41, 5.74) is 0. The van der Waals surface area contributed by atoms with Gasteiger partial charge in [0.05, 0.1) is 6.61 Å². The van der Waals surface area contributed by atoms with Gasteiger partial charge in [0.2, 0.25) is 0 Å². The molecule has 11 heavy (non-hydrogen) atoms. The van der Waals surface area contributed by atoms with Gasteiger partial charge in [-0.15, -0.1) is 0 Å². The summed E-state index contributed by atoms with van der Waals surface area (Å²) in [5, 5.41) is 0. The lowest BCUT2D eigenvalue weighted by molar-refractivity contribution is -0.145. The van der Waals surface area contributed by atoms with E-state index >= 15 is 0 Å². The first-order valence-corrected chi connectivity index (χ1v) is 4.32. The lowest BCUT2D eigenvalue weighted by atomic mass is 10.2. The van der Waals surface area contributed by atoms with Gasteiger partial charge in [0.1, 0.15) is 4.75 Å². The van der Waals surface area contributed by atoms with E-state index in [1.54, 1.807) is 13.8 Å². The largest absolute Gasteiger partial charge is 0.465 e. The molecule has 0 heterocycles. The van der Waals surface area contributed by atoms with Crippen molar-refractivity contribution in [2.45, 2.75) is 38.4 Å². The first-order valence-electron chi connectivity index (χ1n) is 3.88. The molecule has 0 unspecified atom stereocenters. The molecule has 0 amide bonds. The topological polar surface area (TPSA) is 26.3 Å². The Labute approximate surface area is 73.7 Å². The van der Waals surface area contributed by atoms with Gasteiger partial charge in [-0.2, -0.15) is 12.6 Å². The van der Waals surface area contributed by atoms with Gasteiger partial charge in [-0.3, -0.25) is 4.79 Å². The van der Waals surface area contributed by atoms with Crippen LogP contribution in [0.25, 0.3) is 0 Å². The fourth-order valence-electron chi connectivity index (χ4n) is 0.486. The highest BCUT2D eigenvalue weighted by Crippen LogP contribution is 2.13. The highest BCUT2D eigenvalue weighted by Gasteiger charge is 2.23. The van der Waals surface area contributed by atoms with Gasteiger partial charge < -0.3 is 4.74 Å². The first-order chi connectivity index (χ1) is 4.98. The molecule has 0 aromatic rings. The van der Waals surface area contributed by atoms with Crippen molar-refractivity contribution in [3.63, 3.8) is 0 Å². The highest BCUT2D eigenvalue weighted by molar-refractivity contribution is 7.82. The van der Waals surface area contributed by atoms with Gasteiger partial charge in [0.25, 0.3) is 0 Å². The number of ether oxygens (including phenoxy) is 1. The maximum Gasteiger partial charge on any atom is 0.321 e. The minimum atomic E-state index is -0.659. The zero-order chi connectivity index (χ0) is 8.91. The third-order valence-electron chi connectivity index (χ3n) is 1.23. The number of carbonyl (C=O) groups excluding carboxylic acids is 1. The summed E-state index contributed by atoms with van der Waals surface area (Å²) in [6, 6.07) is 0. The van der Waals surface area contributed by atoms with Crippen LogP contribution in [0.4, 0.5) is 0 Å². The molecule has 0 aliphatic heterocycles. The van der Waals surface area contributed by atoms with Crippen LogP contribution in [-0.4, -0.2) is 17.3 Å². The fraction of sp³-hybridized carbons (Fsp3) is 0.875. The van der Waals surface area contributed by atoms with Crippen molar-refractivity contribution in [1.29, 1.82) is 0 Å². The Hall–Kier alpha value is -0.180. The van der Waals surface area contributed by atoms with Crippen LogP contribution in [0.2, 0.25) is 0 Å². The van der Waals surface area contributed by atoms with Crippen LogP contribution in [0.15, 0.2) is 0 Å². The number of esters is 1. The third-order valence-corrected chi connectivity index (χ3v) is 1.41. The molecule has 0 atom stereocenters. The number of carbonyl (C=O) groups is 1. The average Bonchev–Trinajstić information content (AvgIpc) is 1.86. The Balaban J connectivity index is 3.54. The molecular weight excluding hydrogens is 160 g/mol. The number of rotatable bonds is 4. The van der Waals surface area contributed by atoms with E-state index in [1.165, 1.54) is 0 Å². The van der Waals surface area contributed by atoms with E-state index in [1.807, 2.05) is 0 Å². The Bertz CT molecular complexity index is 127. The predicted octanol–water partition coefficient (Wildman–Crippen LogP) is 2.04. The second kappa shape index (κ2) is 4.65. The molecule has 0 aliphatic rings.